The summed E-state index contributed by atoms with van der Waals surface area (Å²) in [7, 11) is 1.59. The summed E-state index contributed by atoms with van der Waals surface area (Å²) >= 11 is 0. The van der Waals surface area contributed by atoms with E-state index in [1.807, 2.05) is 0 Å². The molecule has 1 aromatic rings. The van der Waals surface area contributed by atoms with Crippen LogP contribution in [0.1, 0.15) is 5.56 Å². The highest BCUT2D eigenvalue weighted by Crippen LogP contribution is 1.92. The maximum absolute atomic E-state index is 11.9. The minimum absolute atomic E-state index is 0.164. The number of amidine groups is 1. The molecular weight excluding hydrogens is 238 g/mol. The second kappa shape index (κ2) is 7.46. The zero-order valence-corrected chi connectivity index (χ0v) is 10.2. The van der Waals surface area contributed by atoms with Crippen LogP contribution < -0.4 is 11.3 Å². The van der Waals surface area contributed by atoms with Gasteiger partial charge in [-0.2, -0.15) is 0 Å². The minimum atomic E-state index is -0.317. The van der Waals surface area contributed by atoms with E-state index >= 15 is 0 Å². The molecule has 3 N–H and O–H groups in total. The van der Waals surface area contributed by atoms with Gasteiger partial charge in [-0.25, -0.2) is 0 Å². The second-order valence-corrected chi connectivity index (χ2v) is 3.51. The van der Waals surface area contributed by atoms with Gasteiger partial charge in [-0.1, -0.05) is 5.16 Å². The Morgan fingerprint density at radius 1 is 1.50 bits per heavy atom. The number of nitrogens with two attached hydrogens (primary N) is 1. The monoisotopic (exact) mass is 255 g/mol. The van der Waals surface area contributed by atoms with E-state index in [-0.39, 0.29) is 17.0 Å². The Bertz CT molecular complexity index is 456. The Labute approximate surface area is 104 Å². The smallest absolute Gasteiger partial charge is 0.261 e. The topological polar surface area (TPSA) is 99.1 Å². The molecule has 0 aliphatic carbocycles. The van der Waals surface area contributed by atoms with Gasteiger partial charge < -0.3 is 25.0 Å². The van der Waals surface area contributed by atoms with Crippen LogP contribution >= 0.6 is 0 Å². The molecule has 7 nitrogen and oxygen atoms in total. The third kappa shape index (κ3) is 3.86. The van der Waals surface area contributed by atoms with Crippen molar-refractivity contribution in [3.8, 4) is 0 Å². The molecule has 1 aromatic heterocycles. The Morgan fingerprint density at radius 3 is 2.94 bits per heavy atom. The van der Waals surface area contributed by atoms with Crippen LogP contribution in [-0.2, 0) is 16.0 Å². The Morgan fingerprint density at radius 2 is 2.28 bits per heavy atom. The van der Waals surface area contributed by atoms with Gasteiger partial charge >= 0.3 is 0 Å². The number of rotatable bonds is 7. The number of methoxy groups -OCH3 is 1. The first-order chi connectivity index (χ1) is 8.70. The van der Waals surface area contributed by atoms with E-state index < -0.39 is 0 Å². The normalized spacial score (nSPS) is 11.7. The van der Waals surface area contributed by atoms with Gasteiger partial charge in [0.25, 0.3) is 5.56 Å². The lowest BCUT2D eigenvalue weighted by molar-refractivity contribution is 0.0663. The van der Waals surface area contributed by atoms with E-state index in [0.717, 1.165) is 0 Å². The first-order valence-corrected chi connectivity index (χ1v) is 5.44. The fourth-order valence-corrected chi connectivity index (χ4v) is 1.37. The van der Waals surface area contributed by atoms with Crippen LogP contribution in [0.5, 0.6) is 0 Å². The molecule has 1 heterocycles. The van der Waals surface area contributed by atoms with Crippen LogP contribution in [0.15, 0.2) is 28.3 Å². The number of nitrogens with zero attached hydrogens (tertiary/aromatic N) is 2. The van der Waals surface area contributed by atoms with Gasteiger partial charge in [-0.3, -0.25) is 4.79 Å². The van der Waals surface area contributed by atoms with E-state index in [1.165, 1.54) is 10.6 Å². The number of hydrogen-bond donors (Lipinski definition) is 2. The van der Waals surface area contributed by atoms with Crippen LogP contribution in [0.2, 0.25) is 0 Å². The largest absolute Gasteiger partial charge is 0.409 e. The third-order valence-electron chi connectivity index (χ3n) is 2.31. The van der Waals surface area contributed by atoms with Crippen LogP contribution in [0.4, 0.5) is 0 Å². The van der Waals surface area contributed by atoms with Gasteiger partial charge in [0, 0.05) is 19.9 Å². The Hall–Kier alpha value is -1.86. The summed E-state index contributed by atoms with van der Waals surface area (Å²) in [6.45, 7) is 1.78. The summed E-state index contributed by atoms with van der Waals surface area (Å²) in [4.78, 5) is 11.9. The SMILES string of the molecule is COCCOCCn1cccc(/C(N)=N/O)c1=O. The van der Waals surface area contributed by atoms with E-state index in [4.69, 9.17) is 20.4 Å². The molecule has 18 heavy (non-hydrogen) atoms. The van der Waals surface area contributed by atoms with Crippen molar-refractivity contribution in [2.75, 3.05) is 26.9 Å². The van der Waals surface area contributed by atoms with Gasteiger partial charge in [-0.05, 0) is 12.1 Å². The van der Waals surface area contributed by atoms with E-state index in [0.29, 0.717) is 26.4 Å². The highest BCUT2D eigenvalue weighted by molar-refractivity contribution is 5.96. The lowest BCUT2D eigenvalue weighted by Gasteiger charge is -2.08. The molecule has 0 atom stereocenters. The average molecular weight is 255 g/mol. The molecule has 100 valence electrons. The van der Waals surface area contributed by atoms with Crippen LogP contribution in [0.25, 0.3) is 0 Å². The molecule has 0 saturated carbocycles. The molecular formula is C11H17N3O4. The second-order valence-electron chi connectivity index (χ2n) is 3.51. The van der Waals surface area contributed by atoms with Crippen molar-refractivity contribution in [3.63, 3.8) is 0 Å². The third-order valence-corrected chi connectivity index (χ3v) is 2.31. The molecule has 7 heteroatoms. The number of pyridine rings is 1. The minimum Gasteiger partial charge on any atom is -0.409 e. The summed E-state index contributed by atoms with van der Waals surface area (Å²) in [6, 6.07) is 3.16. The van der Waals surface area contributed by atoms with Crippen molar-refractivity contribution >= 4 is 5.84 Å². The molecule has 0 aromatic carbocycles. The van der Waals surface area contributed by atoms with Crippen LogP contribution in [-0.4, -0.2) is 42.5 Å². The molecule has 0 amide bonds. The Kier molecular flexibility index (Phi) is 5.89. The summed E-state index contributed by atoms with van der Waals surface area (Å²) in [6.07, 6.45) is 1.62. The average Bonchev–Trinajstić information content (AvgIpc) is 2.39. The first kappa shape index (κ1) is 14.2. The maximum atomic E-state index is 11.9. The molecule has 0 saturated heterocycles. The Balaban J connectivity index is 2.64. The first-order valence-electron chi connectivity index (χ1n) is 5.44. The fraction of sp³-hybridized carbons (Fsp3) is 0.455. The predicted molar refractivity (Wildman–Crippen MR) is 65.9 cm³/mol. The van der Waals surface area contributed by atoms with Crippen molar-refractivity contribution in [2.24, 2.45) is 10.9 Å². The number of ether oxygens (including phenoxy) is 2. The molecule has 0 aliphatic heterocycles. The van der Waals surface area contributed by atoms with Crippen molar-refractivity contribution in [1.82, 2.24) is 4.57 Å². The van der Waals surface area contributed by atoms with Gasteiger partial charge in [0.05, 0.1) is 25.4 Å². The summed E-state index contributed by atoms with van der Waals surface area (Å²) in [5.74, 6) is -0.199. The molecule has 0 unspecified atom stereocenters. The van der Waals surface area contributed by atoms with Crippen LogP contribution in [0, 0.1) is 0 Å². The molecule has 0 aliphatic rings. The van der Waals surface area contributed by atoms with Gasteiger partial charge in [0.2, 0.25) is 0 Å². The summed E-state index contributed by atoms with van der Waals surface area (Å²) < 4.78 is 11.5. The summed E-state index contributed by atoms with van der Waals surface area (Å²) in [5, 5.41) is 11.4. The van der Waals surface area contributed by atoms with Crippen molar-refractivity contribution in [2.45, 2.75) is 6.54 Å². The van der Waals surface area contributed by atoms with Crippen molar-refractivity contribution in [3.05, 3.63) is 34.2 Å². The molecule has 0 fully saturated rings. The van der Waals surface area contributed by atoms with Crippen LogP contribution in [0.3, 0.4) is 0 Å². The molecule has 1 rings (SSSR count). The lowest BCUT2D eigenvalue weighted by Crippen LogP contribution is -2.30. The van der Waals surface area contributed by atoms with E-state index in [1.54, 1.807) is 19.4 Å². The molecule has 0 bridgehead atoms. The lowest BCUT2D eigenvalue weighted by atomic mass is 10.2. The molecule has 0 radical (unpaired) electrons. The quantitative estimate of drug-likeness (QED) is 0.227. The fourth-order valence-electron chi connectivity index (χ4n) is 1.37. The van der Waals surface area contributed by atoms with Crippen molar-refractivity contribution in [1.29, 1.82) is 0 Å². The predicted octanol–water partition coefficient (Wildman–Crippen LogP) is -0.394. The van der Waals surface area contributed by atoms with Gasteiger partial charge in [-0.15, -0.1) is 0 Å². The standard InChI is InChI=1S/C11H17N3O4/c1-17-7-8-18-6-5-14-4-2-3-9(11(14)15)10(12)13-16/h2-4,16H,5-8H2,1H3,(H2,12,13). The zero-order valence-electron chi connectivity index (χ0n) is 10.2. The highest BCUT2D eigenvalue weighted by atomic mass is 16.5. The number of hydrogen-bond acceptors (Lipinski definition) is 5. The number of aromatic nitrogens is 1. The summed E-state index contributed by atoms with van der Waals surface area (Å²) in [5.41, 5.74) is 5.24. The van der Waals surface area contributed by atoms with Gasteiger partial charge in [0.1, 0.15) is 0 Å². The highest BCUT2D eigenvalue weighted by Gasteiger charge is 2.07. The number of oxime groups is 1. The maximum Gasteiger partial charge on any atom is 0.261 e. The van der Waals surface area contributed by atoms with E-state index in [9.17, 15) is 4.79 Å². The van der Waals surface area contributed by atoms with Crippen molar-refractivity contribution < 1.29 is 14.7 Å². The van der Waals surface area contributed by atoms with Gasteiger partial charge in [0.15, 0.2) is 5.84 Å². The van der Waals surface area contributed by atoms with E-state index in [2.05, 4.69) is 5.16 Å². The molecule has 0 spiro atoms. The zero-order chi connectivity index (χ0) is 13.4.